The highest BCUT2D eigenvalue weighted by Crippen LogP contribution is 2.32. The van der Waals surface area contributed by atoms with Crippen molar-refractivity contribution in [3.63, 3.8) is 0 Å². The molecule has 192 valence electrons. The zero-order chi connectivity index (χ0) is 26.6. The van der Waals surface area contributed by atoms with Crippen molar-refractivity contribution in [2.75, 3.05) is 6.54 Å². The highest BCUT2D eigenvalue weighted by Gasteiger charge is 2.23. The topological polar surface area (TPSA) is 112 Å². The Balaban J connectivity index is 1.29. The molecule has 4 aromatic rings. The second kappa shape index (κ2) is 10.7. The van der Waals surface area contributed by atoms with Gasteiger partial charge in [-0.05, 0) is 49.2 Å². The van der Waals surface area contributed by atoms with E-state index in [1.54, 1.807) is 26.0 Å². The SMILES string of the molecule is Cc1nn(CCNC(=O)c2ccc(COc3ccc(C(C)(C)c4ccccc4)cc3)o2)c(C)c1[N+](=O)[O-]. The second-order valence-corrected chi connectivity index (χ2v) is 9.33. The molecule has 0 unspecified atom stereocenters. The predicted molar refractivity (Wildman–Crippen MR) is 139 cm³/mol. The molecule has 2 aromatic carbocycles. The van der Waals surface area contributed by atoms with Gasteiger partial charge in [-0.2, -0.15) is 5.10 Å². The first kappa shape index (κ1) is 25.7. The first-order valence-corrected chi connectivity index (χ1v) is 12.0. The number of furan rings is 1. The highest BCUT2D eigenvalue weighted by molar-refractivity contribution is 5.91. The zero-order valence-electron chi connectivity index (χ0n) is 21.4. The van der Waals surface area contributed by atoms with Gasteiger partial charge in [0.25, 0.3) is 5.91 Å². The number of aromatic nitrogens is 2. The van der Waals surface area contributed by atoms with Crippen molar-refractivity contribution in [1.82, 2.24) is 15.1 Å². The van der Waals surface area contributed by atoms with Crippen LogP contribution >= 0.6 is 0 Å². The van der Waals surface area contributed by atoms with Gasteiger partial charge in [0.2, 0.25) is 0 Å². The Bertz CT molecular complexity index is 1390. The van der Waals surface area contributed by atoms with Crippen LogP contribution in [-0.2, 0) is 18.6 Å². The number of carbonyl (C=O) groups is 1. The molecule has 9 heteroatoms. The molecule has 2 aromatic heterocycles. The Morgan fingerprint density at radius 3 is 2.38 bits per heavy atom. The van der Waals surface area contributed by atoms with Crippen LogP contribution in [0.3, 0.4) is 0 Å². The summed E-state index contributed by atoms with van der Waals surface area (Å²) in [5, 5.41) is 18.1. The fourth-order valence-corrected chi connectivity index (χ4v) is 4.25. The normalized spacial score (nSPS) is 11.4. The van der Waals surface area contributed by atoms with Crippen molar-refractivity contribution < 1.29 is 18.9 Å². The molecule has 0 saturated heterocycles. The van der Waals surface area contributed by atoms with Crippen LogP contribution in [0.15, 0.2) is 71.1 Å². The number of nitrogens with one attached hydrogen (secondary N) is 1. The number of aryl methyl sites for hydroxylation is 1. The molecular weight excluding hydrogens is 472 g/mol. The van der Waals surface area contributed by atoms with Crippen molar-refractivity contribution >= 4 is 11.6 Å². The minimum absolute atomic E-state index is 0.00320. The molecule has 0 atom stereocenters. The van der Waals surface area contributed by atoms with E-state index >= 15 is 0 Å². The van der Waals surface area contributed by atoms with Gasteiger partial charge in [0, 0.05) is 12.0 Å². The van der Waals surface area contributed by atoms with Crippen LogP contribution in [0.5, 0.6) is 5.75 Å². The van der Waals surface area contributed by atoms with E-state index in [4.69, 9.17) is 9.15 Å². The molecule has 4 rings (SSSR count). The van der Waals surface area contributed by atoms with E-state index < -0.39 is 4.92 Å². The summed E-state index contributed by atoms with van der Waals surface area (Å²) in [6.45, 7) is 8.34. The summed E-state index contributed by atoms with van der Waals surface area (Å²) in [4.78, 5) is 23.1. The van der Waals surface area contributed by atoms with E-state index in [0.717, 1.165) is 0 Å². The van der Waals surface area contributed by atoms with Crippen molar-refractivity contribution in [2.45, 2.75) is 46.3 Å². The number of carbonyl (C=O) groups excluding carboxylic acids is 1. The lowest BCUT2D eigenvalue weighted by molar-refractivity contribution is -0.386. The quantitative estimate of drug-likeness (QED) is 0.231. The molecule has 0 bridgehead atoms. The number of rotatable bonds is 10. The molecular formula is C28H30N4O5. The molecule has 2 heterocycles. The molecule has 0 radical (unpaired) electrons. The first-order chi connectivity index (χ1) is 17.7. The Labute approximate surface area is 215 Å². The second-order valence-electron chi connectivity index (χ2n) is 9.33. The Kier molecular flexibility index (Phi) is 7.42. The fraction of sp³-hybridized carbons (Fsp3) is 0.286. The molecule has 0 aliphatic heterocycles. The van der Waals surface area contributed by atoms with Crippen molar-refractivity contribution in [1.29, 1.82) is 0 Å². The molecule has 0 aliphatic carbocycles. The van der Waals surface area contributed by atoms with E-state index in [0.29, 0.717) is 29.4 Å². The van der Waals surface area contributed by atoms with Crippen LogP contribution < -0.4 is 10.1 Å². The Hall–Kier alpha value is -4.40. The van der Waals surface area contributed by atoms with E-state index in [9.17, 15) is 14.9 Å². The number of nitrogens with zero attached hydrogens (tertiary/aromatic N) is 3. The average Bonchev–Trinajstić information content (AvgIpc) is 3.47. The third kappa shape index (κ3) is 5.72. The zero-order valence-corrected chi connectivity index (χ0v) is 21.4. The van der Waals surface area contributed by atoms with Gasteiger partial charge >= 0.3 is 5.69 Å². The highest BCUT2D eigenvalue weighted by atomic mass is 16.6. The largest absolute Gasteiger partial charge is 0.486 e. The van der Waals surface area contributed by atoms with Gasteiger partial charge in [-0.25, -0.2) is 0 Å². The first-order valence-electron chi connectivity index (χ1n) is 12.0. The van der Waals surface area contributed by atoms with E-state index in [1.807, 2.05) is 30.3 Å². The lowest BCUT2D eigenvalue weighted by atomic mass is 9.78. The molecule has 9 nitrogen and oxygen atoms in total. The third-order valence-electron chi connectivity index (χ3n) is 6.47. The number of ether oxygens (including phenoxy) is 1. The van der Waals surface area contributed by atoms with Crippen LogP contribution in [0.1, 0.15) is 52.7 Å². The molecule has 0 fully saturated rings. The van der Waals surface area contributed by atoms with Gasteiger partial charge in [-0.3, -0.25) is 19.6 Å². The van der Waals surface area contributed by atoms with E-state index in [2.05, 4.69) is 48.5 Å². The van der Waals surface area contributed by atoms with Crippen molar-refractivity contribution in [2.24, 2.45) is 0 Å². The van der Waals surface area contributed by atoms with Gasteiger partial charge < -0.3 is 14.5 Å². The van der Waals surface area contributed by atoms with E-state index in [-0.39, 0.29) is 35.9 Å². The Morgan fingerprint density at radius 1 is 1.05 bits per heavy atom. The lowest BCUT2D eigenvalue weighted by Crippen LogP contribution is -2.27. The summed E-state index contributed by atoms with van der Waals surface area (Å²) in [6.07, 6.45) is 0. The molecule has 0 saturated carbocycles. The summed E-state index contributed by atoms with van der Waals surface area (Å²) < 4.78 is 13.0. The maximum Gasteiger partial charge on any atom is 0.312 e. The third-order valence-corrected chi connectivity index (χ3v) is 6.47. The smallest absolute Gasteiger partial charge is 0.312 e. The van der Waals surface area contributed by atoms with Crippen molar-refractivity contribution in [3.05, 3.63) is 111 Å². The van der Waals surface area contributed by atoms with Crippen molar-refractivity contribution in [3.8, 4) is 5.75 Å². The Morgan fingerprint density at radius 2 is 1.73 bits per heavy atom. The van der Waals surface area contributed by atoms with Crippen LogP contribution in [0, 0.1) is 24.0 Å². The van der Waals surface area contributed by atoms with Gasteiger partial charge in [-0.1, -0.05) is 56.3 Å². The summed E-state index contributed by atoms with van der Waals surface area (Å²) in [7, 11) is 0. The molecule has 0 spiro atoms. The summed E-state index contributed by atoms with van der Waals surface area (Å²) in [6, 6.07) is 21.6. The fourth-order valence-electron chi connectivity index (χ4n) is 4.25. The van der Waals surface area contributed by atoms with Crippen LogP contribution in [0.4, 0.5) is 5.69 Å². The van der Waals surface area contributed by atoms with Crippen LogP contribution in [0.25, 0.3) is 0 Å². The van der Waals surface area contributed by atoms with Gasteiger partial charge in [-0.15, -0.1) is 0 Å². The maximum atomic E-state index is 12.5. The molecule has 0 aliphatic rings. The monoisotopic (exact) mass is 502 g/mol. The average molecular weight is 503 g/mol. The van der Waals surface area contributed by atoms with Gasteiger partial charge in [0.05, 0.1) is 11.5 Å². The van der Waals surface area contributed by atoms with Crippen LogP contribution in [-0.4, -0.2) is 27.2 Å². The predicted octanol–water partition coefficient (Wildman–Crippen LogP) is 5.34. The van der Waals surface area contributed by atoms with Gasteiger partial charge in [0.15, 0.2) is 5.76 Å². The van der Waals surface area contributed by atoms with Gasteiger partial charge in [0.1, 0.15) is 29.5 Å². The standard InChI is InChI=1S/C28H30N4O5/c1-19-26(32(34)35)20(2)31(30-19)17-16-29-27(33)25-15-14-24(37-25)18-36-23-12-10-22(11-13-23)28(3,4)21-8-6-5-7-9-21/h5-15H,16-18H2,1-4H3,(H,29,33). The number of hydrogen-bond donors (Lipinski definition) is 1. The lowest BCUT2D eigenvalue weighted by Gasteiger charge is -2.26. The maximum absolute atomic E-state index is 12.5. The summed E-state index contributed by atoms with van der Waals surface area (Å²) >= 11 is 0. The molecule has 1 amide bonds. The number of amides is 1. The minimum atomic E-state index is -0.445. The van der Waals surface area contributed by atoms with E-state index in [1.165, 1.54) is 15.8 Å². The summed E-state index contributed by atoms with van der Waals surface area (Å²) in [5.74, 6) is 1.01. The number of benzene rings is 2. The van der Waals surface area contributed by atoms with Crippen LogP contribution in [0.2, 0.25) is 0 Å². The molecule has 1 N–H and O–H groups in total. The summed E-state index contributed by atoms with van der Waals surface area (Å²) in [5.41, 5.74) is 3.08. The number of nitro groups is 1. The molecule has 37 heavy (non-hydrogen) atoms. The minimum Gasteiger partial charge on any atom is -0.486 e. The number of hydrogen-bond acceptors (Lipinski definition) is 6.